The minimum atomic E-state index is -1.12. The summed E-state index contributed by atoms with van der Waals surface area (Å²) >= 11 is 0. The molecule has 272 valence electrons. The van der Waals surface area contributed by atoms with Gasteiger partial charge in [0.2, 0.25) is 0 Å². The average Bonchev–Trinajstić information content (AvgIpc) is 2.83. The molecule has 15 nitrogen and oxygen atoms in total. The van der Waals surface area contributed by atoms with E-state index >= 15 is 0 Å². The van der Waals surface area contributed by atoms with Crippen molar-refractivity contribution < 1.29 is 48.4 Å². The second-order valence-corrected chi connectivity index (χ2v) is 14.9. The molecule has 47 heavy (non-hydrogen) atoms. The maximum absolute atomic E-state index is 12.8. The van der Waals surface area contributed by atoms with Crippen molar-refractivity contribution in [3.63, 3.8) is 0 Å². The van der Waals surface area contributed by atoms with Crippen LogP contribution < -0.4 is 0 Å². The molecule has 0 bridgehead atoms. The molecule has 1 heterocycles. The summed E-state index contributed by atoms with van der Waals surface area (Å²) in [6, 6.07) is 0. The molecule has 15 heteroatoms. The summed E-state index contributed by atoms with van der Waals surface area (Å²) in [5.41, 5.74) is -1.97. The number of nitrogens with zero attached hydrogens (tertiary/aromatic N) is 5. The van der Waals surface area contributed by atoms with Crippen LogP contribution in [0.15, 0.2) is 0 Å². The SMILES string of the molecule is CC(C)(C)OC(=O)CN1CCN(CCN(CC(=O)O)CC(=O)O)CCN(CC(=O)OC(C)(C)C)CCN(CC(=O)OC(C)(C)C)CC1. The van der Waals surface area contributed by atoms with Crippen LogP contribution >= 0.6 is 0 Å². The number of carbonyl (C=O) groups excluding carboxylic acids is 3. The van der Waals surface area contributed by atoms with Crippen molar-refractivity contribution >= 4 is 29.8 Å². The first-order valence-electron chi connectivity index (χ1n) is 16.2. The van der Waals surface area contributed by atoms with Crippen LogP contribution in [0.4, 0.5) is 0 Å². The van der Waals surface area contributed by atoms with Crippen molar-refractivity contribution in [3.8, 4) is 0 Å². The molecule has 1 aliphatic heterocycles. The maximum atomic E-state index is 12.8. The largest absolute Gasteiger partial charge is 0.480 e. The fourth-order valence-electron chi connectivity index (χ4n) is 4.83. The Kier molecular flexibility index (Phi) is 17.2. The average molecular weight is 674 g/mol. The van der Waals surface area contributed by atoms with E-state index < -0.39 is 41.8 Å². The number of aliphatic carboxylic acids is 2. The summed E-state index contributed by atoms with van der Waals surface area (Å²) in [6.07, 6.45) is 0. The van der Waals surface area contributed by atoms with Gasteiger partial charge in [0.25, 0.3) is 0 Å². The van der Waals surface area contributed by atoms with E-state index in [-0.39, 0.29) is 44.1 Å². The molecule has 1 fully saturated rings. The van der Waals surface area contributed by atoms with Crippen LogP contribution in [0.5, 0.6) is 0 Å². The number of carbonyl (C=O) groups is 5. The molecule has 1 rings (SSSR count). The van der Waals surface area contributed by atoms with Crippen molar-refractivity contribution in [1.82, 2.24) is 24.5 Å². The minimum Gasteiger partial charge on any atom is -0.480 e. The van der Waals surface area contributed by atoms with Gasteiger partial charge in [-0.2, -0.15) is 0 Å². The van der Waals surface area contributed by atoms with Crippen molar-refractivity contribution in [1.29, 1.82) is 0 Å². The van der Waals surface area contributed by atoms with E-state index in [9.17, 15) is 34.2 Å². The van der Waals surface area contributed by atoms with Crippen molar-refractivity contribution in [2.75, 3.05) is 98.2 Å². The molecule has 0 unspecified atom stereocenters. The van der Waals surface area contributed by atoms with Crippen LogP contribution in [-0.2, 0) is 38.2 Å². The third-order valence-corrected chi connectivity index (χ3v) is 6.70. The van der Waals surface area contributed by atoms with Crippen LogP contribution in [0.1, 0.15) is 62.3 Å². The van der Waals surface area contributed by atoms with Crippen molar-refractivity contribution in [3.05, 3.63) is 0 Å². The second-order valence-electron chi connectivity index (χ2n) is 14.9. The molecule has 0 aliphatic carbocycles. The summed E-state index contributed by atoms with van der Waals surface area (Å²) in [6.45, 7) is 19.6. The first-order chi connectivity index (χ1) is 21.5. The summed E-state index contributed by atoms with van der Waals surface area (Å²) < 4.78 is 16.7. The van der Waals surface area contributed by atoms with E-state index in [1.54, 1.807) is 62.3 Å². The van der Waals surface area contributed by atoms with Crippen LogP contribution in [0.25, 0.3) is 0 Å². The highest BCUT2D eigenvalue weighted by Crippen LogP contribution is 2.11. The summed E-state index contributed by atoms with van der Waals surface area (Å²) in [5.74, 6) is -3.38. The number of esters is 3. The van der Waals surface area contributed by atoms with Gasteiger partial charge in [-0.15, -0.1) is 0 Å². The van der Waals surface area contributed by atoms with Gasteiger partial charge in [0.05, 0.1) is 32.7 Å². The Hall–Kier alpha value is -2.85. The van der Waals surface area contributed by atoms with Crippen LogP contribution in [0.3, 0.4) is 0 Å². The number of rotatable bonds is 13. The first-order valence-corrected chi connectivity index (χ1v) is 16.2. The molecule has 0 spiro atoms. The summed E-state index contributed by atoms with van der Waals surface area (Å²) in [7, 11) is 0. The summed E-state index contributed by atoms with van der Waals surface area (Å²) in [5, 5.41) is 18.6. The standard InChI is InChI=1S/C32H59N5O10/c1-30(2,3)45-27(42)22-34-13-10-33(12-19-37(20-25(38)39)21-26(40)41)11-14-35(23-28(43)46-31(4,5)6)16-18-36(17-15-34)24-29(44)47-32(7,8)9/h10-24H2,1-9H3,(H,38,39)(H,40,41). The predicted molar refractivity (Wildman–Crippen MR) is 175 cm³/mol. The van der Waals surface area contributed by atoms with Gasteiger partial charge >= 0.3 is 29.8 Å². The van der Waals surface area contributed by atoms with Gasteiger partial charge in [0.1, 0.15) is 16.8 Å². The van der Waals surface area contributed by atoms with Gasteiger partial charge in [-0.25, -0.2) is 0 Å². The highest BCUT2D eigenvalue weighted by molar-refractivity contribution is 5.73. The molecule has 0 saturated carbocycles. The smallest absolute Gasteiger partial charge is 0.320 e. The van der Waals surface area contributed by atoms with E-state index in [4.69, 9.17) is 14.2 Å². The normalized spacial score (nSPS) is 17.4. The molecule has 1 saturated heterocycles. The lowest BCUT2D eigenvalue weighted by molar-refractivity contribution is -0.158. The van der Waals surface area contributed by atoms with E-state index in [1.165, 1.54) is 4.90 Å². The molecule has 2 N–H and O–H groups in total. The number of carboxylic acids is 2. The minimum absolute atomic E-state index is 0.0281. The first kappa shape index (κ1) is 42.2. The third kappa shape index (κ3) is 22.4. The number of ether oxygens (including phenoxy) is 3. The molecule has 0 radical (unpaired) electrons. The molecule has 0 atom stereocenters. The maximum Gasteiger partial charge on any atom is 0.320 e. The highest BCUT2D eigenvalue weighted by atomic mass is 16.6. The third-order valence-electron chi connectivity index (χ3n) is 6.70. The zero-order valence-electron chi connectivity index (χ0n) is 30.0. The van der Waals surface area contributed by atoms with Crippen LogP contribution in [0.2, 0.25) is 0 Å². The Morgan fingerprint density at radius 1 is 0.511 bits per heavy atom. The van der Waals surface area contributed by atoms with Crippen LogP contribution in [-0.4, -0.2) is 180 Å². The number of carboxylic acid groups (broad SMARTS) is 2. The van der Waals surface area contributed by atoms with E-state index in [2.05, 4.69) is 4.90 Å². The van der Waals surface area contributed by atoms with Gasteiger partial charge in [0.15, 0.2) is 0 Å². The molecule has 0 aromatic carbocycles. The molecular weight excluding hydrogens is 614 g/mol. The van der Waals surface area contributed by atoms with Gasteiger partial charge in [0, 0.05) is 65.4 Å². The van der Waals surface area contributed by atoms with Crippen LogP contribution in [0, 0.1) is 0 Å². The van der Waals surface area contributed by atoms with Gasteiger partial charge in [-0.1, -0.05) is 0 Å². The topological polar surface area (TPSA) is 170 Å². The fraction of sp³-hybridized carbons (Fsp3) is 0.844. The van der Waals surface area contributed by atoms with Gasteiger partial charge < -0.3 is 24.4 Å². The van der Waals surface area contributed by atoms with Gasteiger partial charge in [-0.05, 0) is 62.3 Å². The fourth-order valence-corrected chi connectivity index (χ4v) is 4.83. The molecule has 0 aromatic heterocycles. The lowest BCUT2D eigenvalue weighted by Crippen LogP contribution is -2.50. The summed E-state index contributed by atoms with van der Waals surface area (Å²) in [4.78, 5) is 70.5. The van der Waals surface area contributed by atoms with E-state index in [1.807, 2.05) is 14.7 Å². The van der Waals surface area contributed by atoms with E-state index in [0.29, 0.717) is 58.9 Å². The Morgan fingerprint density at radius 2 is 0.766 bits per heavy atom. The number of hydrogen-bond donors (Lipinski definition) is 2. The zero-order valence-corrected chi connectivity index (χ0v) is 30.0. The Bertz CT molecular complexity index is 973. The van der Waals surface area contributed by atoms with E-state index in [0.717, 1.165) is 0 Å². The lowest BCUT2D eigenvalue weighted by Gasteiger charge is -2.35. The molecule has 0 aromatic rings. The highest BCUT2D eigenvalue weighted by Gasteiger charge is 2.26. The molecule has 0 amide bonds. The van der Waals surface area contributed by atoms with Gasteiger partial charge in [-0.3, -0.25) is 48.5 Å². The Labute approximate surface area is 280 Å². The molecular formula is C32H59N5O10. The Balaban J connectivity index is 3.27. The quantitative estimate of drug-likeness (QED) is 0.207. The monoisotopic (exact) mass is 673 g/mol. The van der Waals surface area contributed by atoms with Crippen molar-refractivity contribution in [2.45, 2.75) is 79.1 Å². The molecule has 1 aliphatic rings. The zero-order chi connectivity index (χ0) is 36.0. The Morgan fingerprint density at radius 3 is 1.00 bits per heavy atom. The van der Waals surface area contributed by atoms with Crippen molar-refractivity contribution in [2.24, 2.45) is 0 Å². The number of hydrogen-bond acceptors (Lipinski definition) is 13. The predicted octanol–water partition coefficient (Wildman–Crippen LogP) is 0.704. The second kappa shape index (κ2) is 19.2. The lowest BCUT2D eigenvalue weighted by atomic mass is 10.2.